The Morgan fingerprint density at radius 3 is 2.10 bits per heavy atom. The molecule has 2 saturated heterocycles. The average molecular weight is 407 g/mol. The van der Waals surface area contributed by atoms with E-state index in [1.165, 1.54) is 37.8 Å². The number of rotatable bonds is 4. The summed E-state index contributed by atoms with van der Waals surface area (Å²) in [6.07, 6.45) is 0.476. The summed E-state index contributed by atoms with van der Waals surface area (Å²) in [7, 11) is 0. The van der Waals surface area contributed by atoms with E-state index in [1.54, 1.807) is 30.3 Å². The third kappa shape index (κ3) is 5.89. The molecule has 1 N–H and O–H groups in total. The van der Waals surface area contributed by atoms with Crippen LogP contribution in [0.2, 0.25) is 0 Å². The highest BCUT2D eigenvalue weighted by Crippen LogP contribution is 2.39. The Bertz CT molecular complexity index is 752. The van der Waals surface area contributed by atoms with Gasteiger partial charge >= 0.3 is 6.18 Å². The van der Waals surface area contributed by atoms with Crippen LogP contribution in [0.5, 0.6) is 11.5 Å². The number of para-hydroxylation sites is 2. The van der Waals surface area contributed by atoms with Crippen LogP contribution in [0.3, 0.4) is 0 Å². The molecule has 2 fully saturated rings. The quantitative estimate of drug-likeness (QED) is 0.702. The van der Waals surface area contributed by atoms with Gasteiger partial charge in [-0.3, -0.25) is 4.90 Å². The number of benzene rings is 2. The maximum absolute atomic E-state index is 12.9. The highest BCUT2D eigenvalue weighted by atomic mass is 19.4. The first-order valence-corrected chi connectivity index (χ1v) is 10.1. The van der Waals surface area contributed by atoms with Gasteiger partial charge in [-0.2, -0.15) is 13.2 Å². The lowest BCUT2D eigenvalue weighted by molar-refractivity contribution is -0.139. The van der Waals surface area contributed by atoms with Crippen LogP contribution in [0.1, 0.15) is 38.2 Å². The fourth-order valence-electron chi connectivity index (χ4n) is 4.43. The van der Waals surface area contributed by atoms with E-state index in [-0.39, 0.29) is 5.75 Å². The third-order valence-electron chi connectivity index (χ3n) is 5.68. The Hall–Kier alpha value is -2.21. The first-order valence-electron chi connectivity index (χ1n) is 10.1. The Morgan fingerprint density at radius 2 is 1.55 bits per heavy atom. The lowest BCUT2D eigenvalue weighted by atomic mass is 9.92. The summed E-state index contributed by atoms with van der Waals surface area (Å²) < 4.78 is 44.2. The van der Waals surface area contributed by atoms with Gasteiger partial charge in [0.15, 0.2) is 0 Å². The number of nitrogens with zero attached hydrogens (tertiary/aromatic N) is 1. The predicted octanol–water partition coefficient (Wildman–Crippen LogP) is 5.74. The summed E-state index contributed by atoms with van der Waals surface area (Å²) in [5, 5.41) is 8.63. The number of phenolic OH excluding ortho intramolecular Hbond substituents is 1. The second-order valence-electron chi connectivity index (χ2n) is 7.88. The Labute approximate surface area is 170 Å². The van der Waals surface area contributed by atoms with Crippen LogP contribution in [-0.2, 0) is 6.18 Å². The minimum atomic E-state index is -4.36. The molecule has 0 aromatic heterocycles. The van der Waals surface area contributed by atoms with Crippen LogP contribution in [0.4, 0.5) is 13.2 Å². The Kier molecular flexibility index (Phi) is 7.06. The first kappa shape index (κ1) is 21.5. The van der Waals surface area contributed by atoms with Crippen LogP contribution < -0.4 is 4.74 Å². The van der Waals surface area contributed by atoms with Crippen LogP contribution in [0.15, 0.2) is 54.6 Å². The van der Waals surface area contributed by atoms with Gasteiger partial charge in [0, 0.05) is 18.6 Å². The van der Waals surface area contributed by atoms with Crippen molar-refractivity contribution in [3.8, 4) is 11.5 Å². The van der Waals surface area contributed by atoms with Gasteiger partial charge in [-0.15, -0.1) is 0 Å². The van der Waals surface area contributed by atoms with Crippen LogP contribution in [0.25, 0.3) is 0 Å². The number of hydrogen-bond acceptors (Lipinski definition) is 3. The molecule has 2 unspecified atom stereocenters. The van der Waals surface area contributed by atoms with E-state index in [9.17, 15) is 13.2 Å². The standard InChI is InChI=1S/C17H22F3NO.C6H6O/c1-12-10-13-6-7-14(11-12)21(13)8-9-22-16-5-3-2-4-15(16)17(18,19)20;7-6-4-2-1-3-5-6/h2-5,12-14H,6-11H2,1H3;1-5,7H. The van der Waals surface area contributed by atoms with Gasteiger partial charge < -0.3 is 9.84 Å². The SMILES string of the molecule is CC1CC2CCC(C1)N2CCOc1ccccc1C(F)(F)F.Oc1ccccc1. The lowest BCUT2D eigenvalue weighted by Gasteiger charge is -2.37. The zero-order valence-corrected chi connectivity index (χ0v) is 16.6. The van der Waals surface area contributed by atoms with Crippen LogP contribution in [-0.4, -0.2) is 35.2 Å². The van der Waals surface area contributed by atoms with Gasteiger partial charge in [0.05, 0.1) is 5.56 Å². The molecule has 2 atom stereocenters. The first-order chi connectivity index (χ1) is 13.8. The number of alkyl halides is 3. The zero-order chi connectivity index (χ0) is 20.9. The van der Waals surface area contributed by atoms with Crippen LogP contribution >= 0.6 is 0 Å². The highest BCUT2D eigenvalue weighted by molar-refractivity contribution is 5.35. The fourth-order valence-corrected chi connectivity index (χ4v) is 4.43. The molecule has 2 bridgehead atoms. The van der Waals surface area contributed by atoms with E-state index in [2.05, 4.69) is 11.8 Å². The summed E-state index contributed by atoms with van der Waals surface area (Å²) in [5.41, 5.74) is -0.690. The molecule has 2 aromatic carbocycles. The minimum absolute atomic E-state index is 0.0623. The van der Waals surface area contributed by atoms with E-state index in [4.69, 9.17) is 9.84 Å². The summed E-state index contributed by atoms with van der Waals surface area (Å²) in [5.74, 6) is 1.02. The molecule has 2 aliphatic rings. The van der Waals surface area contributed by atoms with Crippen molar-refractivity contribution in [2.24, 2.45) is 5.92 Å². The molecule has 3 nitrogen and oxygen atoms in total. The highest BCUT2D eigenvalue weighted by Gasteiger charge is 2.39. The summed E-state index contributed by atoms with van der Waals surface area (Å²) in [4.78, 5) is 2.44. The number of halogens is 3. The van der Waals surface area contributed by atoms with Crippen molar-refractivity contribution in [1.29, 1.82) is 0 Å². The van der Waals surface area contributed by atoms with Crippen molar-refractivity contribution in [2.75, 3.05) is 13.2 Å². The number of hydrogen-bond donors (Lipinski definition) is 1. The normalized spacial score (nSPS) is 23.9. The van der Waals surface area contributed by atoms with E-state index in [0.29, 0.717) is 31.0 Å². The molecule has 0 amide bonds. The second-order valence-corrected chi connectivity index (χ2v) is 7.88. The molecule has 0 radical (unpaired) electrons. The van der Waals surface area contributed by atoms with E-state index in [1.807, 2.05) is 6.07 Å². The van der Waals surface area contributed by atoms with Gasteiger partial charge in [0.2, 0.25) is 0 Å². The molecule has 0 saturated carbocycles. The molecule has 2 aromatic rings. The van der Waals surface area contributed by atoms with Crippen molar-refractivity contribution < 1.29 is 23.0 Å². The number of phenols is 1. The molecular formula is C23H28F3NO2. The minimum Gasteiger partial charge on any atom is -0.508 e. The van der Waals surface area contributed by atoms with Gasteiger partial charge in [-0.1, -0.05) is 37.3 Å². The number of aromatic hydroxyl groups is 1. The van der Waals surface area contributed by atoms with E-state index in [0.717, 1.165) is 12.0 Å². The topological polar surface area (TPSA) is 32.7 Å². The maximum atomic E-state index is 12.9. The average Bonchev–Trinajstić information content (AvgIpc) is 2.92. The maximum Gasteiger partial charge on any atom is 0.419 e. The van der Waals surface area contributed by atoms with Crippen molar-refractivity contribution in [2.45, 2.75) is 50.9 Å². The zero-order valence-electron chi connectivity index (χ0n) is 16.6. The van der Waals surface area contributed by atoms with Gasteiger partial charge in [-0.05, 0) is 55.9 Å². The monoisotopic (exact) mass is 407 g/mol. The summed E-state index contributed by atoms with van der Waals surface area (Å²) >= 11 is 0. The van der Waals surface area contributed by atoms with Gasteiger partial charge in [0.1, 0.15) is 18.1 Å². The predicted molar refractivity (Wildman–Crippen MR) is 107 cm³/mol. The molecule has 4 rings (SSSR count). The van der Waals surface area contributed by atoms with Crippen molar-refractivity contribution >= 4 is 0 Å². The van der Waals surface area contributed by atoms with Crippen LogP contribution in [0, 0.1) is 5.92 Å². The molecule has 0 spiro atoms. The summed E-state index contributed by atoms with van der Waals surface area (Å²) in [6.45, 7) is 3.32. The Morgan fingerprint density at radius 1 is 0.966 bits per heavy atom. The van der Waals surface area contributed by atoms with E-state index >= 15 is 0 Å². The van der Waals surface area contributed by atoms with E-state index < -0.39 is 11.7 Å². The number of piperidine rings is 1. The van der Waals surface area contributed by atoms with Gasteiger partial charge in [0.25, 0.3) is 0 Å². The van der Waals surface area contributed by atoms with Crippen molar-refractivity contribution in [3.05, 3.63) is 60.2 Å². The van der Waals surface area contributed by atoms with Crippen molar-refractivity contribution in [1.82, 2.24) is 4.90 Å². The van der Waals surface area contributed by atoms with Gasteiger partial charge in [-0.25, -0.2) is 0 Å². The second kappa shape index (κ2) is 9.53. The Balaban J connectivity index is 0.000000290. The molecule has 6 heteroatoms. The third-order valence-corrected chi connectivity index (χ3v) is 5.68. The lowest BCUT2D eigenvalue weighted by Crippen LogP contribution is -2.44. The number of fused-ring (bicyclic) bond motifs is 2. The fraction of sp³-hybridized carbons (Fsp3) is 0.478. The molecule has 29 heavy (non-hydrogen) atoms. The smallest absolute Gasteiger partial charge is 0.419 e. The molecule has 158 valence electrons. The largest absolute Gasteiger partial charge is 0.508 e. The summed E-state index contributed by atoms with van der Waals surface area (Å²) in [6, 6.07) is 15.3. The van der Waals surface area contributed by atoms with Crippen molar-refractivity contribution in [3.63, 3.8) is 0 Å². The molecule has 0 aliphatic carbocycles. The number of ether oxygens (including phenoxy) is 1. The molecular weight excluding hydrogens is 379 g/mol. The molecule has 2 aliphatic heterocycles. The molecule has 2 heterocycles.